The van der Waals surface area contributed by atoms with Crippen LogP contribution in [0.15, 0.2) is 6.20 Å². The number of aliphatic carboxylic acids is 1. The normalized spacial score (nSPS) is 10.3. The standard InChI is InChI=1S/C10H7ClF2N2O2/c11-2-7-6(1-8(16)17)9(10(12)13)5(3-14)4-15-7/h4,10H,1-2H2,(H,16,17). The molecule has 0 atom stereocenters. The van der Waals surface area contributed by atoms with E-state index in [1.807, 2.05) is 0 Å². The molecule has 4 nitrogen and oxygen atoms in total. The number of carboxylic acid groups (broad SMARTS) is 1. The molecule has 1 aromatic heterocycles. The minimum atomic E-state index is -2.94. The molecule has 0 aliphatic rings. The number of hydrogen-bond acceptors (Lipinski definition) is 3. The molecular weight excluding hydrogens is 254 g/mol. The Morgan fingerprint density at radius 3 is 2.71 bits per heavy atom. The van der Waals surface area contributed by atoms with E-state index in [2.05, 4.69) is 4.98 Å². The van der Waals surface area contributed by atoms with Gasteiger partial charge in [0.15, 0.2) is 0 Å². The number of hydrogen-bond donors (Lipinski definition) is 1. The maximum atomic E-state index is 12.8. The molecule has 0 aliphatic carbocycles. The quantitative estimate of drug-likeness (QED) is 0.843. The van der Waals surface area contributed by atoms with Gasteiger partial charge in [0.05, 0.1) is 23.6 Å². The Morgan fingerprint density at radius 2 is 2.29 bits per heavy atom. The van der Waals surface area contributed by atoms with Gasteiger partial charge in [0.25, 0.3) is 6.43 Å². The lowest BCUT2D eigenvalue weighted by atomic mass is 10.00. The van der Waals surface area contributed by atoms with Gasteiger partial charge in [-0.3, -0.25) is 9.78 Å². The van der Waals surface area contributed by atoms with Crippen LogP contribution in [0.2, 0.25) is 0 Å². The zero-order valence-corrected chi connectivity index (χ0v) is 9.21. The Labute approximate surface area is 100 Å². The van der Waals surface area contributed by atoms with Crippen molar-refractivity contribution in [1.29, 1.82) is 5.26 Å². The SMILES string of the molecule is N#Cc1cnc(CCl)c(CC(=O)O)c1C(F)F. The van der Waals surface area contributed by atoms with Crippen LogP contribution in [0, 0.1) is 11.3 Å². The molecule has 7 heteroatoms. The van der Waals surface area contributed by atoms with Crippen LogP contribution in [0.5, 0.6) is 0 Å². The third kappa shape index (κ3) is 2.88. The summed E-state index contributed by atoms with van der Waals surface area (Å²) in [5.41, 5.74) is -1.05. The fourth-order valence-corrected chi connectivity index (χ4v) is 1.64. The van der Waals surface area contributed by atoms with Gasteiger partial charge in [-0.25, -0.2) is 8.78 Å². The summed E-state index contributed by atoms with van der Waals surface area (Å²) in [6.07, 6.45) is -2.60. The molecule has 0 radical (unpaired) electrons. The first kappa shape index (κ1) is 13.3. The van der Waals surface area contributed by atoms with Crippen molar-refractivity contribution in [3.63, 3.8) is 0 Å². The number of carboxylic acids is 1. The molecule has 1 rings (SSSR count). The highest BCUT2D eigenvalue weighted by Crippen LogP contribution is 2.29. The number of carbonyl (C=O) groups is 1. The van der Waals surface area contributed by atoms with Gasteiger partial charge in [-0.1, -0.05) is 0 Å². The van der Waals surface area contributed by atoms with Gasteiger partial charge in [0.2, 0.25) is 0 Å². The molecule has 90 valence electrons. The number of nitriles is 1. The highest BCUT2D eigenvalue weighted by atomic mass is 35.5. The second-order valence-corrected chi connectivity index (χ2v) is 3.39. The third-order valence-electron chi connectivity index (χ3n) is 2.11. The van der Waals surface area contributed by atoms with Crippen LogP contribution in [0.25, 0.3) is 0 Å². The first-order valence-electron chi connectivity index (χ1n) is 4.47. The predicted octanol–water partition coefficient (Wildman–Crippen LogP) is 2.26. The lowest BCUT2D eigenvalue weighted by molar-refractivity contribution is -0.136. The average molecular weight is 261 g/mol. The smallest absolute Gasteiger partial charge is 0.307 e. The lowest BCUT2D eigenvalue weighted by Gasteiger charge is -2.11. The van der Waals surface area contributed by atoms with Crippen molar-refractivity contribution < 1.29 is 18.7 Å². The second-order valence-electron chi connectivity index (χ2n) is 3.13. The minimum absolute atomic E-state index is 0.0587. The van der Waals surface area contributed by atoms with Crippen molar-refractivity contribution in [1.82, 2.24) is 4.98 Å². The number of alkyl halides is 3. The van der Waals surface area contributed by atoms with Gasteiger partial charge < -0.3 is 5.11 Å². The van der Waals surface area contributed by atoms with Gasteiger partial charge in [0, 0.05) is 11.8 Å². The number of rotatable bonds is 4. The zero-order chi connectivity index (χ0) is 13.0. The minimum Gasteiger partial charge on any atom is -0.481 e. The van der Waals surface area contributed by atoms with E-state index >= 15 is 0 Å². The molecule has 1 aromatic rings. The summed E-state index contributed by atoms with van der Waals surface area (Å²) in [4.78, 5) is 14.3. The van der Waals surface area contributed by atoms with Crippen molar-refractivity contribution in [3.05, 3.63) is 28.6 Å². The van der Waals surface area contributed by atoms with Crippen LogP contribution in [0.1, 0.15) is 28.8 Å². The molecule has 0 spiro atoms. The van der Waals surface area contributed by atoms with Gasteiger partial charge >= 0.3 is 5.97 Å². The lowest BCUT2D eigenvalue weighted by Crippen LogP contribution is -2.10. The molecule has 0 saturated carbocycles. The molecule has 0 saturated heterocycles. The Hall–Kier alpha value is -1.74. The Morgan fingerprint density at radius 1 is 1.65 bits per heavy atom. The first-order valence-corrected chi connectivity index (χ1v) is 5.01. The third-order valence-corrected chi connectivity index (χ3v) is 2.36. The fraction of sp³-hybridized carbons (Fsp3) is 0.300. The summed E-state index contributed by atoms with van der Waals surface area (Å²) in [5.74, 6) is -1.47. The van der Waals surface area contributed by atoms with Crippen molar-refractivity contribution in [3.8, 4) is 6.07 Å². The Kier molecular flexibility index (Phi) is 4.35. The highest BCUT2D eigenvalue weighted by molar-refractivity contribution is 6.17. The van der Waals surface area contributed by atoms with E-state index in [9.17, 15) is 13.6 Å². The summed E-state index contributed by atoms with van der Waals surface area (Å²) in [6, 6.07) is 1.56. The van der Waals surface area contributed by atoms with E-state index < -0.39 is 24.4 Å². The molecule has 0 aromatic carbocycles. The molecule has 0 bridgehead atoms. The maximum absolute atomic E-state index is 12.8. The molecule has 1 N–H and O–H groups in total. The van der Waals surface area contributed by atoms with E-state index in [4.69, 9.17) is 22.0 Å². The van der Waals surface area contributed by atoms with E-state index in [0.29, 0.717) is 0 Å². The summed E-state index contributed by atoms with van der Waals surface area (Å²) >= 11 is 5.50. The van der Waals surface area contributed by atoms with Gasteiger partial charge in [0.1, 0.15) is 6.07 Å². The highest BCUT2D eigenvalue weighted by Gasteiger charge is 2.23. The maximum Gasteiger partial charge on any atom is 0.307 e. The molecular formula is C10H7ClF2N2O2. The molecule has 17 heavy (non-hydrogen) atoms. The van der Waals surface area contributed by atoms with Crippen LogP contribution in [-0.4, -0.2) is 16.1 Å². The van der Waals surface area contributed by atoms with E-state index in [1.165, 1.54) is 0 Å². The summed E-state index contributed by atoms with van der Waals surface area (Å²) < 4.78 is 25.7. The number of aromatic nitrogens is 1. The van der Waals surface area contributed by atoms with Crippen molar-refractivity contribution in [2.45, 2.75) is 18.7 Å². The second kappa shape index (κ2) is 5.55. The molecule has 0 unspecified atom stereocenters. The summed E-state index contributed by atoms with van der Waals surface area (Å²) in [6.45, 7) is 0. The van der Waals surface area contributed by atoms with Crippen molar-refractivity contribution in [2.24, 2.45) is 0 Å². The van der Waals surface area contributed by atoms with Crippen LogP contribution in [-0.2, 0) is 17.1 Å². The van der Waals surface area contributed by atoms with Gasteiger partial charge in [-0.05, 0) is 5.56 Å². The van der Waals surface area contributed by atoms with Crippen LogP contribution in [0.3, 0.4) is 0 Å². The first-order chi connectivity index (χ1) is 8.01. The van der Waals surface area contributed by atoms with Crippen LogP contribution < -0.4 is 0 Å². The van der Waals surface area contributed by atoms with Crippen LogP contribution in [0.4, 0.5) is 8.78 Å². The van der Waals surface area contributed by atoms with Gasteiger partial charge in [-0.2, -0.15) is 5.26 Å². The number of halogens is 3. The van der Waals surface area contributed by atoms with Gasteiger partial charge in [-0.15, -0.1) is 11.6 Å². The Balaban J connectivity index is 3.47. The predicted molar refractivity (Wildman–Crippen MR) is 54.8 cm³/mol. The van der Waals surface area contributed by atoms with E-state index in [0.717, 1.165) is 6.20 Å². The largest absolute Gasteiger partial charge is 0.481 e. The Bertz CT molecular complexity index is 486. The monoisotopic (exact) mass is 260 g/mol. The van der Waals surface area contributed by atoms with Crippen LogP contribution >= 0.6 is 11.6 Å². The zero-order valence-electron chi connectivity index (χ0n) is 8.45. The number of pyridine rings is 1. The molecule has 0 amide bonds. The fourth-order valence-electron chi connectivity index (χ4n) is 1.41. The molecule has 0 aliphatic heterocycles. The van der Waals surface area contributed by atoms with Crippen molar-refractivity contribution in [2.75, 3.05) is 0 Å². The summed E-state index contributed by atoms with van der Waals surface area (Å²) in [5, 5.41) is 17.3. The summed E-state index contributed by atoms with van der Waals surface area (Å²) in [7, 11) is 0. The van der Waals surface area contributed by atoms with E-state index in [1.54, 1.807) is 6.07 Å². The van der Waals surface area contributed by atoms with Crippen molar-refractivity contribution >= 4 is 17.6 Å². The number of nitrogens with zero attached hydrogens (tertiary/aromatic N) is 2. The molecule has 0 fully saturated rings. The molecule has 1 heterocycles. The topological polar surface area (TPSA) is 74.0 Å². The van der Waals surface area contributed by atoms with E-state index in [-0.39, 0.29) is 22.7 Å². The average Bonchev–Trinajstić information content (AvgIpc) is 2.27.